The second kappa shape index (κ2) is 11.1. The smallest absolute Gasteiger partial charge is 0.398 e. The number of hydrogen-bond donors (Lipinski definition) is 2. The van der Waals surface area contributed by atoms with Crippen molar-refractivity contribution in [3.05, 3.63) is 65.2 Å². The largest absolute Gasteiger partial charge is 0.416 e. The molecule has 12 heteroatoms. The Labute approximate surface area is 241 Å². The van der Waals surface area contributed by atoms with Gasteiger partial charge in [-0.25, -0.2) is 19.0 Å². The molecular formula is C30H34F4N8. The summed E-state index contributed by atoms with van der Waals surface area (Å²) in [5.41, 5.74) is 13.8. The van der Waals surface area contributed by atoms with E-state index >= 15 is 0 Å². The van der Waals surface area contributed by atoms with Gasteiger partial charge in [0.05, 0.1) is 17.0 Å². The van der Waals surface area contributed by atoms with Crippen molar-refractivity contribution in [1.29, 1.82) is 0 Å². The van der Waals surface area contributed by atoms with Gasteiger partial charge in [-0.2, -0.15) is 18.3 Å². The van der Waals surface area contributed by atoms with Crippen molar-refractivity contribution in [2.24, 2.45) is 0 Å². The number of piperazine rings is 1. The Hall–Kier alpha value is -3.77. The van der Waals surface area contributed by atoms with Crippen LogP contribution in [0.4, 0.5) is 29.1 Å². The van der Waals surface area contributed by atoms with Crippen LogP contribution in [0.25, 0.3) is 22.3 Å². The summed E-state index contributed by atoms with van der Waals surface area (Å²) in [5.74, 6) is -0.637. The molecule has 2 fully saturated rings. The molecule has 0 bridgehead atoms. The molecule has 0 unspecified atom stereocenters. The third-order valence-corrected chi connectivity index (χ3v) is 8.76. The Morgan fingerprint density at radius 1 is 0.929 bits per heavy atom. The number of halogens is 4. The molecule has 0 amide bonds. The second-order valence-electron chi connectivity index (χ2n) is 11.4. The number of likely N-dealkylation sites (N-methyl/N-ethyl adjacent to an activating group) is 1. The van der Waals surface area contributed by atoms with Gasteiger partial charge >= 0.3 is 6.18 Å². The lowest BCUT2D eigenvalue weighted by molar-refractivity contribution is -0.138. The molecule has 0 spiro atoms. The minimum Gasteiger partial charge on any atom is -0.398 e. The lowest BCUT2D eigenvalue weighted by atomic mass is 9.90. The summed E-state index contributed by atoms with van der Waals surface area (Å²) in [5, 5.41) is 5.54. The predicted molar refractivity (Wildman–Crippen MR) is 154 cm³/mol. The zero-order valence-corrected chi connectivity index (χ0v) is 23.4. The van der Waals surface area contributed by atoms with Crippen molar-refractivity contribution in [3.63, 3.8) is 0 Å². The quantitative estimate of drug-likeness (QED) is 0.248. The van der Waals surface area contributed by atoms with Crippen molar-refractivity contribution < 1.29 is 17.6 Å². The van der Waals surface area contributed by atoms with Crippen LogP contribution >= 0.6 is 0 Å². The van der Waals surface area contributed by atoms with E-state index in [0.717, 1.165) is 70.1 Å². The molecule has 1 aliphatic carbocycles. The van der Waals surface area contributed by atoms with Crippen molar-refractivity contribution in [1.82, 2.24) is 29.5 Å². The van der Waals surface area contributed by atoms with Crippen molar-refractivity contribution in [3.8, 4) is 11.3 Å². The Kier molecular flexibility index (Phi) is 7.52. The van der Waals surface area contributed by atoms with Gasteiger partial charge in [0, 0.05) is 55.5 Å². The molecule has 1 saturated carbocycles. The van der Waals surface area contributed by atoms with Gasteiger partial charge in [0.2, 0.25) is 0 Å². The molecule has 2 aromatic heterocycles. The van der Waals surface area contributed by atoms with Gasteiger partial charge < -0.3 is 16.4 Å². The van der Waals surface area contributed by atoms with E-state index in [9.17, 15) is 17.6 Å². The van der Waals surface area contributed by atoms with Crippen LogP contribution in [0.1, 0.15) is 48.4 Å². The first-order chi connectivity index (χ1) is 20.1. The highest BCUT2D eigenvalue weighted by atomic mass is 19.4. The van der Waals surface area contributed by atoms with E-state index in [-0.39, 0.29) is 18.3 Å². The predicted octanol–water partition coefficient (Wildman–Crippen LogP) is 5.14. The van der Waals surface area contributed by atoms with Crippen molar-refractivity contribution >= 4 is 22.5 Å². The maximum absolute atomic E-state index is 14.5. The van der Waals surface area contributed by atoms with Crippen molar-refractivity contribution in [2.75, 3.05) is 44.7 Å². The standard InChI is InChI=1S/C30H34F4N8/c1-40-11-13-41(14-12-40)19-6-8-20(9-7-19)42-29-26(28(36)37-17-38-29)27(39-42)21-10-5-18(16-25(21)35)15-22-23(30(32,33)34)3-2-4-24(22)31/h2-5,10,16-17,19-20H,6-9,11-15,35H2,1H3,(H2,36,37,38). The van der Waals surface area contributed by atoms with E-state index in [1.54, 1.807) is 18.2 Å². The molecule has 6 rings (SSSR count). The van der Waals surface area contributed by atoms with E-state index in [4.69, 9.17) is 16.6 Å². The molecule has 8 nitrogen and oxygen atoms in total. The van der Waals surface area contributed by atoms with Crippen LogP contribution in [0.2, 0.25) is 0 Å². The van der Waals surface area contributed by atoms with Gasteiger partial charge in [0.15, 0.2) is 5.65 Å². The molecule has 0 atom stereocenters. The van der Waals surface area contributed by atoms with E-state index < -0.39 is 23.1 Å². The van der Waals surface area contributed by atoms with E-state index in [2.05, 4.69) is 26.8 Å². The highest BCUT2D eigenvalue weighted by Gasteiger charge is 2.35. The normalized spacial score (nSPS) is 20.8. The monoisotopic (exact) mass is 582 g/mol. The summed E-state index contributed by atoms with van der Waals surface area (Å²) in [7, 11) is 2.16. The number of hydrogen-bond acceptors (Lipinski definition) is 7. The average Bonchev–Trinajstić information content (AvgIpc) is 3.35. The fraction of sp³-hybridized carbons (Fsp3) is 0.433. The Balaban J connectivity index is 1.28. The topological polar surface area (TPSA) is 102 Å². The first-order valence-electron chi connectivity index (χ1n) is 14.2. The molecule has 3 heterocycles. The first kappa shape index (κ1) is 28.4. The van der Waals surface area contributed by atoms with Gasteiger partial charge in [-0.15, -0.1) is 0 Å². The van der Waals surface area contributed by atoms with Crippen LogP contribution in [0.3, 0.4) is 0 Å². The zero-order valence-electron chi connectivity index (χ0n) is 23.4. The summed E-state index contributed by atoms with van der Waals surface area (Å²) in [4.78, 5) is 13.7. The average molecular weight is 583 g/mol. The minimum absolute atomic E-state index is 0.140. The molecule has 2 aromatic carbocycles. The van der Waals surface area contributed by atoms with Gasteiger partial charge in [0.1, 0.15) is 23.7 Å². The molecule has 42 heavy (non-hydrogen) atoms. The number of anilines is 2. The molecule has 4 N–H and O–H groups in total. The Morgan fingerprint density at radius 2 is 1.64 bits per heavy atom. The highest BCUT2D eigenvalue weighted by Crippen LogP contribution is 2.39. The molecule has 0 radical (unpaired) electrons. The number of nitrogens with zero attached hydrogens (tertiary/aromatic N) is 6. The number of fused-ring (bicyclic) bond motifs is 1. The lowest BCUT2D eigenvalue weighted by Crippen LogP contribution is -2.49. The van der Waals surface area contributed by atoms with Crippen LogP contribution in [0, 0.1) is 5.82 Å². The SMILES string of the molecule is CN1CCN(C2CCC(n3nc(-c4ccc(Cc5c(F)cccc5C(F)(F)F)cc4N)c4c(N)ncnc43)CC2)CC1. The number of alkyl halides is 3. The summed E-state index contributed by atoms with van der Waals surface area (Å²) in [6, 6.07) is 8.58. The molecule has 1 aliphatic heterocycles. The first-order valence-corrected chi connectivity index (χ1v) is 14.2. The van der Waals surface area contributed by atoms with Crippen LogP contribution in [-0.4, -0.2) is 68.8 Å². The Bertz CT molecular complexity index is 1580. The fourth-order valence-corrected chi connectivity index (χ4v) is 6.44. The van der Waals surface area contributed by atoms with Crippen molar-refractivity contribution in [2.45, 2.75) is 50.4 Å². The van der Waals surface area contributed by atoms with E-state index in [0.29, 0.717) is 39.6 Å². The minimum atomic E-state index is -4.67. The fourth-order valence-electron chi connectivity index (χ4n) is 6.44. The van der Waals surface area contributed by atoms with Crippen LogP contribution in [-0.2, 0) is 12.6 Å². The lowest BCUT2D eigenvalue weighted by Gasteiger charge is -2.41. The van der Waals surface area contributed by atoms with Crippen LogP contribution in [0.15, 0.2) is 42.7 Å². The number of benzene rings is 2. The summed E-state index contributed by atoms with van der Waals surface area (Å²) in [6.07, 6.45) is 0.537. The number of rotatable bonds is 5. The maximum Gasteiger partial charge on any atom is 0.416 e. The third-order valence-electron chi connectivity index (χ3n) is 8.76. The van der Waals surface area contributed by atoms with E-state index in [1.807, 2.05) is 4.68 Å². The van der Waals surface area contributed by atoms with Gasteiger partial charge in [-0.1, -0.05) is 18.2 Å². The van der Waals surface area contributed by atoms with Gasteiger partial charge in [-0.05, 0) is 56.5 Å². The summed E-state index contributed by atoms with van der Waals surface area (Å²) in [6.45, 7) is 4.36. The summed E-state index contributed by atoms with van der Waals surface area (Å²) >= 11 is 0. The van der Waals surface area contributed by atoms with Crippen LogP contribution < -0.4 is 11.5 Å². The molecule has 222 valence electrons. The van der Waals surface area contributed by atoms with E-state index in [1.165, 1.54) is 6.33 Å². The second-order valence-corrected chi connectivity index (χ2v) is 11.4. The van der Waals surface area contributed by atoms with Crippen LogP contribution in [0.5, 0.6) is 0 Å². The number of aromatic nitrogens is 4. The summed E-state index contributed by atoms with van der Waals surface area (Å²) < 4.78 is 57.0. The molecular weight excluding hydrogens is 548 g/mol. The highest BCUT2D eigenvalue weighted by molar-refractivity contribution is 6.00. The third kappa shape index (κ3) is 5.40. The number of nitrogen functional groups attached to an aromatic ring is 2. The molecule has 2 aliphatic rings. The van der Waals surface area contributed by atoms with Gasteiger partial charge in [0.25, 0.3) is 0 Å². The van der Waals surface area contributed by atoms with Gasteiger partial charge in [-0.3, -0.25) is 4.90 Å². The maximum atomic E-state index is 14.5. The zero-order chi connectivity index (χ0) is 29.6. The number of nitrogens with two attached hydrogens (primary N) is 2. The molecule has 1 saturated heterocycles. The molecule has 4 aromatic rings. The Morgan fingerprint density at radius 3 is 2.33 bits per heavy atom.